The molecule has 2 aromatic rings. The van der Waals surface area contributed by atoms with Gasteiger partial charge in [-0.2, -0.15) is 0 Å². The SMILES string of the molecule is C[C@]12CC[C@H](OC(=O)C3CCN(CC4CC4)CC3)CC1=CC[C@@H]1[C@@H]2CC[C@]2(C)C(n3cnc4ccccc43)=CC[C@@H]12. The summed E-state index contributed by atoms with van der Waals surface area (Å²) < 4.78 is 8.64. The first-order chi connectivity index (χ1) is 19.9. The van der Waals surface area contributed by atoms with Crippen LogP contribution in [0, 0.1) is 40.4 Å². The Morgan fingerprint density at radius 3 is 2.59 bits per heavy atom. The number of fused-ring (bicyclic) bond motifs is 6. The number of imidazole rings is 1. The van der Waals surface area contributed by atoms with Crippen LogP contribution in [-0.2, 0) is 9.53 Å². The van der Waals surface area contributed by atoms with Crippen LogP contribution in [-0.4, -0.2) is 46.2 Å². The first-order valence-electron chi connectivity index (χ1n) is 16.7. The highest BCUT2D eigenvalue weighted by Gasteiger charge is 2.57. The van der Waals surface area contributed by atoms with Gasteiger partial charge in [-0.15, -0.1) is 0 Å². The molecule has 1 aliphatic heterocycles. The molecule has 5 nitrogen and oxygen atoms in total. The molecule has 8 rings (SSSR count). The summed E-state index contributed by atoms with van der Waals surface area (Å²) in [6.07, 6.45) is 20.1. The maximum absolute atomic E-state index is 13.2. The lowest BCUT2D eigenvalue weighted by atomic mass is 9.47. The number of piperidine rings is 1. The second-order valence-electron chi connectivity index (χ2n) is 15.0. The van der Waals surface area contributed by atoms with Gasteiger partial charge in [-0.05, 0) is 119 Å². The summed E-state index contributed by atoms with van der Waals surface area (Å²) >= 11 is 0. The number of ether oxygens (including phenoxy) is 1. The number of hydrogen-bond acceptors (Lipinski definition) is 4. The number of aromatic nitrogens is 2. The van der Waals surface area contributed by atoms with Crippen LogP contribution in [0.25, 0.3) is 16.7 Å². The molecular formula is C36H47N3O2. The van der Waals surface area contributed by atoms with Crippen LogP contribution in [0.15, 0.2) is 48.3 Å². The molecule has 1 aromatic heterocycles. The van der Waals surface area contributed by atoms with Gasteiger partial charge >= 0.3 is 5.97 Å². The molecule has 1 aromatic carbocycles. The van der Waals surface area contributed by atoms with Crippen LogP contribution in [0.5, 0.6) is 0 Å². The minimum Gasteiger partial charge on any atom is -0.462 e. The lowest BCUT2D eigenvalue weighted by Gasteiger charge is -2.57. The Hall–Kier alpha value is -2.40. The Morgan fingerprint density at radius 1 is 0.951 bits per heavy atom. The fourth-order valence-electron chi connectivity index (χ4n) is 10.1. The van der Waals surface area contributed by atoms with E-state index in [1.54, 1.807) is 5.57 Å². The van der Waals surface area contributed by atoms with E-state index in [4.69, 9.17) is 9.72 Å². The molecule has 0 amide bonds. The predicted molar refractivity (Wildman–Crippen MR) is 163 cm³/mol. The van der Waals surface area contributed by atoms with E-state index in [0.29, 0.717) is 5.92 Å². The molecule has 41 heavy (non-hydrogen) atoms. The quantitative estimate of drug-likeness (QED) is 0.284. The van der Waals surface area contributed by atoms with Gasteiger partial charge in [-0.1, -0.05) is 43.7 Å². The number of carbonyl (C=O) groups is 1. The number of carbonyl (C=O) groups excluding carboxylic acids is 1. The van der Waals surface area contributed by atoms with Crippen molar-refractivity contribution < 1.29 is 9.53 Å². The highest BCUT2D eigenvalue weighted by Crippen LogP contribution is 2.65. The third kappa shape index (κ3) is 4.36. The maximum atomic E-state index is 13.2. The number of nitrogens with zero attached hydrogens (tertiary/aromatic N) is 3. The summed E-state index contributed by atoms with van der Waals surface area (Å²) in [5, 5.41) is 0. The fraction of sp³-hybridized carbons (Fsp3) is 0.667. The van der Waals surface area contributed by atoms with Gasteiger partial charge in [0.2, 0.25) is 0 Å². The maximum Gasteiger partial charge on any atom is 0.309 e. The summed E-state index contributed by atoms with van der Waals surface area (Å²) in [6, 6.07) is 8.55. The lowest BCUT2D eigenvalue weighted by Crippen LogP contribution is -2.50. The average Bonchev–Trinajstić information content (AvgIpc) is 3.58. The molecule has 0 spiro atoms. The van der Waals surface area contributed by atoms with Gasteiger partial charge in [0.05, 0.1) is 17.0 Å². The summed E-state index contributed by atoms with van der Waals surface area (Å²) in [7, 11) is 0. The topological polar surface area (TPSA) is 47.4 Å². The molecule has 0 unspecified atom stereocenters. The van der Waals surface area contributed by atoms with Crippen molar-refractivity contribution in [2.75, 3.05) is 19.6 Å². The first-order valence-corrected chi connectivity index (χ1v) is 16.7. The Bertz CT molecular complexity index is 1390. The van der Waals surface area contributed by atoms with Crippen molar-refractivity contribution in [3.63, 3.8) is 0 Å². The van der Waals surface area contributed by atoms with Gasteiger partial charge in [-0.3, -0.25) is 4.79 Å². The van der Waals surface area contributed by atoms with E-state index in [1.165, 1.54) is 56.3 Å². The smallest absolute Gasteiger partial charge is 0.309 e. The molecule has 1 saturated heterocycles. The molecule has 5 aliphatic carbocycles. The van der Waals surface area contributed by atoms with E-state index in [9.17, 15) is 4.79 Å². The summed E-state index contributed by atoms with van der Waals surface area (Å²) in [6.45, 7) is 8.48. The standard InChI is InChI=1S/C36H47N3O2/c1-35-17-13-27(41-34(40)25-15-19-38(20-16-25)22-24-7-8-24)21-26(35)9-10-28-29-11-12-33(36(29,2)18-14-30(28)35)39-23-37-31-5-3-4-6-32(31)39/h3-6,9,12,23-25,27-30H,7-8,10-11,13-22H2,1-2H3/t27-,28-,29-,30-,35-,36-/m0/s1. The monoisotopic (exact) mass is 553 g/mol. The van der Waals surface area contributed by atoms with E-state index in [1.807, 2.05) is 0 Å². The second-order valence-corrected chi connectivity index (χ2v) is 15.0. The number of esters is 1. The first kappa shape index (κ1) is 26.2. The van der Waals surface area contributed by atoms with Crippen molar-refractivity contribution in [2.24, 2.45) is 40.4 Å². The average molecular weight is 554 g/mol. The molecule has 5 heteroatoms. The van der Waals surface area contributed by atoms with E-state index in [-0.39, 0.29) is 28.8 Å². The summed E-state index contributed by atoms with van der Waals surface area (Å²) in [5.74, 6) is 3.28. The zero-order chi connectivity index (χ0) is 27.8. The van der Waals surface area contributed by atoms with Gasteiger partial charge in [0.15, 0.2) is 0 Å². The van der Waals surface area contributed by atoms with Crippen LogP contribution in [0.3, 0.4) is 0 Å². The summed E-state index contributed by atoms with van der Waals surface area (Å²) in [4.78, 5) is 20.5. The van der Waals surface area contributed by atoms with Crippen LogP contribution >= 0.6 is 0 Å². The van der Waals surface area contributed by atoms with Crippen LogP contribution < -0.4 is 0 Å². The predicted octanol–water partition coefficient (Wildman–Crippen LogP) is 7.48. The molecule has 2 heterocycles. The number of allylic oxidation sites excluding steroid dienone is 3. The Kier molecular flexibility index (Phi) is 6.29. The molecule has 0 bridgehead atoms. The third-order valence-electron chi connectivity index (χ3n) is 12.7. The number of rotatable bonds is 5. The minimum absolute atomic E-state index is 0.0750. The molecule has 218 valence electrons. The van der Waals surface area contributed by atoms with Crippen molar-refractivity contribution in [3.05, 3.63) is 48.3 Å². The Balaban J connectivity index is 0.937. The molecular weight excluding hydrogens is 506 g/mol. The van der Waals surface area contributed by atoms with Gasteiger partial charge in [-0.25, -0.2) is 4.98 Å². The highest BCUT2D eigenvalue weighted by molar-refractivity contribution is 5.80. The number of hydrogen-bond donors (Lipinski definition) is 0. The van der Waals surface area contributed by atoms with Crippen molar-refractivity contribution in [1.82, 2.24) is 14.5 Å². The zero-order valence-electron chi connectivity index (χ0n) is 25.1. The third-order valence-corrected chi connectivity index (χ3v) is 12.7. The van der Waals surface area contributed by atoms with Crippen LogP contribution in [0.2, 0.25) is 0 Å². The number of likely N-dealkylation sites (tertiary alicyclic amines) is 1. The summed E-state index contributed by atoms with van der Waals surface area (Å²) in [5.41, 5.74) is 5.85. The molecule has 3 saturated carbocycles. The van der Waals surface area contributed by atoms with Crippen LogP contribution in [0.4, 0.5) is 0 Å². The molecule has 4 fully saturated rings. The molecule has 6 atom stereocenters. The fourth-order valence-corrected chi connectivity index (χ4v) is 10.1. The van der Waals surface area contributed by atoms with E-state index in [0.717, 1.165) is 68.5 Å². The normalized spacial score (nSPS) is 37.6. The second kappa shape index (κ2) is 9.82. The lowest BCUT2D eigenvalue weighted by molar-refractivity contribution is -0.158. The van der Waals surface area contributed by atoms with Gasteiger partial charge in [0, 0.05) is 24.1 Å². The van der Waals surface area contributed by atoms with Gasteiger partial charge in [0.1, 0.15) is 12.4 Å². The van der Waals surface area contributed by atoms with E-state index in [2.05, 4.69) is 66.1 Å². The van der Waals surface area contributed by atoms with E-state index >= 15 is 0 Å². The zero-order valence-corrected chi connectivity index (χ0v) is 25.1. The minimum atomic E-state index is 0.0750. The Labute approximate surface area is 245 Å². The molecule has 0 radical (unpaired) electrons. The van der Waals surface area contributed by atoms with Crippen molar-refractivity contribution in [1.29, 1.82) is 0 Å². The highest BCUT2D eigenvalue weighted by atomic mass is 16.5. The number of para-hydroxylation sites is 2. The van der Waals surface area contributed by atoms with Crippen LogP contribution in [0.1, 0.15) is 84.5 Å². The molecule has 0 N–H and O–H groups in total. The van der Waals surface area contributed by atoms with Crippen molar-refractivity contribution >= 4 is 22.7 Å². The van der Waals surface area contributed by atoms with E-state index < -0.39 is 0 Å². The number of benzene rings is 1. The Morgan fingerprint density at radius 2 is 1.76 bits per heavy atom. The van der Waals surface area contributed by atoms with Crippen molar-refractivity contribution in [2.45, 2.75) is 90.6 Å². The van der Waals surface area contributed by atoms with Gasteiger partial charge < -0.3 is 14.2 Å². The molecule has 6 aliphatic rings. The van der Waals surface area contributed by atoms with Gasteiger partial charge in [0.25, 0.3) is 0 Å². The van der Waals surface area contributed by atoms with Crippen molar-refractivity contribution in [3.8, 4) is 0 Å². The largest absolute Gasteiger partial charge is 0.462 e.